The Morgan fingerprint density at radius 3 is 2.25 bits per heavy atom. The molecule has 0 heterocycles. The van der Waals surface area contributed by atoms with E-state index in [-0.39, 0.29) is 17.0 Å². The van der Waals surface area contributed by atoms with Crippen LogP contribution in [0.5, 0.6) is 0 Å². The molecule has 0 aromatic carbocycles. The fourth-order valence-electron chi connectivity index (χ4n) is 2.00. The molecule has 1 N–H and O–H groups in total. The van der Waals surface area contributed by atoms with Gasteiger partial charge >= 0.3 is 11.9 Å². The number of hydrogen-bond donors (Lipinski definition) is 1. The number of ether oxygens (including phenoxy) is 1. The van der Waals surface area contributed by atoms with E-state index in [2.05, 4.69) is 0 Å². The fraction of sp³-hybridized carbons (Fsp3) is 0.667. The summed E-state index contributed by atoms with van der Waals surface area (Å²) in [5.74, 6) is -1.31. The van der Waals surface area contributed by atoms with Crippen LogP contribution in [0.2, 0.25) is 0 Å². The summed E-state index contributed by atoms with van der Waals surface area (Å²) in [5.41, 5.74) is -0.764. The van der Waals surface area contributed by atoms with Crippen molar-refractivity contribution < 1.29 is 19.4 Å². The van der Waals surface area contributed by atoms with Gasteiger partial charge in [0.2, 0.25) is 0 Å². The van der Waals surface area contributed by atoms with E-state index in [0.717, 1.165) is 0 Å². The molecular weight excluding hydrogens is 208 g/mol. The van der Waals surface area contributed by atoms with Gasteiger partial charge in [0.15, 0.2) is 0 Å². The van der Waals surface area contributed by atoms with Crippen molar-refractivity contribution in [3.8, 4) is 0 Å². The summed E-state index contributed by atoms with van der Waals surface area (Å²) < 4.78 is 5.01. The first kappa shape index (κ1) is 12.7. The second kappa shape index (κ2) is 3.92. The van der Waals surface area contributed by atoms with E-state index >= 15 is 0 Å². The predicted octanol–water partition coefficient (Wildman–Crippen LogP) is 2.00. The van der Waals surface area contributed by atoms with Gasteiger partial charge in [0, 0.05) is 5.57 Å². The zero-order chi connectivity index (χ0) is 12.6. The zero-order valence-electron chi connectivity index (χ0n) is 10.2. The molecule has 0 radical (unpaired) electrons. The van der Waals surface area contributed by atoms with Gasteiger partial charge in [-0.15, -0.1) is 0 Å². The van der Waals surface area contributed by atoms with Gasteiger partial charge in [-0.3, -0.25) is 4.79 Å². The summed E-state index contributed by atoms with van der Waals surface area (Å²) in [7, 11) is 0. The number of carbonyl (C=O) groups is 2. The highest BCUT2D eigenvalue weighted by atomic mass is 16.5. The van der Waals surface area contributed by atoms with Crippen LogP contribution in [0.1, 0.15) is 34.1 Å². The van der Waals surface area contributed by atoms with E-state index in [9.17, 15) is 9.59 Å². The number of hydrogen-bond acceptors (Lipinski definition) is 3. The largest absolute Gasteiger partial charge is 0.478 e. The van der Waals surface area contributed by atoms with Crippen molar-refractivity contribution in [3.05, 3.63) is 11.6 Å². The Kier molecular flexibility index (Phi) is 3.13. The Hall–Kier alpha value is -1.32. The van der Waals surface area contributed by atoms with Gasteiger partial charge in [0.05, 0.1) is 12.0 Å². The molecule has 0 aromatic heterocycles. The minimum absolute atomic E-state index is 0.193. The molecule has 1 saturated carbocycles. The van der Waals surface area contributed by atoms with Crippen LogP contribution in [0.25, 0.3) is 0 Å². The van der Waals surface area contributed by atoms with Crippen LogP contribution in [0.15, 0.2) is 11.6 Å². The molecule has 0 aromatic rings. The number of carboxylic acid groups (broad SMARTS) is 1. The second-order valence-corrected chi connectivity index (χ2v) is 4.88. The van der Waals surface area contributed by atoms with Gasteiger partial charge in [-0.25, -0.2) is 4.79 Å². The minimum atomic E-state index is -0.994. The number of rotatable bonds is 4. The van der Waals surface area contributed by atoms with Crippen LogP contribution in [-0.2, 0) is 14.3 Å². The molecule has 1 aliphatic carbocycles. The number of carbonyl (C=O) groups excluding carboxylic acids is 1. The van der Waals surface area contributed by atoms with Crippen molar-refractivity contribution in [2.75, 3.05) is 6.61 Å². The van der Waals surface area contributed by atoms with Gasteiger partial charge in [-0.1, -0.05) is 19.9 Å². The van der Waals surface area contributed by atoms with E-state index < -0.39 is 11.4 Å². The molecule has 1 aliphatic rings. The second-order valence-electron chi connectivity index (χ2n) is 4.88. The third kappa shape index (κ3) is 1.96. The molecule has 0 spiro atoms. The average molecular weight is 226 g/mol. The van der Waals surface area contributed by atoms with Gasteiger partial charge in [-0.05, 0) is 25.7 Å². The van der Waals surface area contributed by atoms with Crippen LogP contribution < -0.4 is 0 Å². The molecule has 4 nitrogen and oxygen atoms in total. The third-order valence-corrected chi connectivity index (χ3v) is 3.24. The van der Waals surface area contributed by atoms with Crippen LogP contribution in [0.3, 0.4) is 0 Å². The molecule has 1 unspecified atom stereocenters. The number of aliphatic carboxylic acids is 1. The molecule has 1 atom stereocenters. The molecule has 0 saturated heterocycles. The standard InChI is InChI=1S/C12H18O4/c1-5-16-10(15)12(7-11(12,3)4)6-8(2)9(13)14/h6H,5,7H2,1-4H3,(H,13,14). The van der Waals surface area contributed by atoms with Crippen LogP contribution >= 0.6 is 0 Å². The molecule has 1 rings (SSSR count). The SMILES string of the molecule is CCOC(=O)C1(C=C(C)C(=O)O)CC1(C)C. The quantitative estimate of drug-likeness (QED) is 0.588. The van der Waals surface area contributed by atoms with Crippen LogP contribution in [0.4, 0.5) is 0 Å². The lowest BCUT2D eigenvalue weighted by atomic mass is 9.93. The predicted molar refractivity (Wildman–Crippen MR) is 58.9 cm³/mol. The Morgan fingerprint density at radius 1 is 1.44 bits per heavy atom. The van der Waals surface area contributed by atoms with Crippen molar-refractivity contribution in [2.45, 2.75) is 34.1 Å². The van der Waals surface area contributed by atoms with Crippen molar-refractivity contribution in [2.24, 2.45) is 10.8 Å². The van der Waals surface area contributed by atoms with Gasteiger partial charge in [-0.2, -0.15) is 0 Å². The summed E-state index contributed by atoms with van der Waals surface area (Å²) in [4.78, 5) is 22.6. The first-order valence-corrected chi connectivity index (χ1v) is 5.37. The van der Waals surface area contributed by atoms with E-state index in [1.807, 2.05) is 13.8 Å². The molecule has 4 heteroatoms. The highest BCUT2D eigenvalue weighted by molar-refractivity contribution is 5.90. The lowest BCUT2D eigenvalue weighted by Crippen LogP contribution is -2.23. The summed E-state index contributed by atoms with van der Waals surface area (Å²) in [5, 5.41) is 8.83. The minimum Gasteiger partial charge on any atom is -0.478 e. The third-order valence-electron chi connectivity index (χ3n) is 3.24. The van der Waals surface area contributed by atoms with Crippen molar-refractivity contribution in [1.82, 2.24) is 0 Å². The Labute approximate surface area is 95.3 Å². The lowest BCUT2D eigenvalue weighted by molar-refractivity contribution is -0.148. The maximum absolute atomic E-state index is 11.8. The van der Waals surface area contributed by atoms with Gasteiger partial charge in [0.1, 0.15) is 0 Å². The molecule has 90 valence electrons. The maximum Gasteiger partial charge on any atom is 0.330 e. The molecule has 1 fully saturated rings. The van der Waals surface area contributed by atoms with E-state index in [0.29, 0.717) is 13.0 Å². The normalized spacial score (nSPS) is 27.4. The summed E-state index contributed by atoms with van der Waals surface area (Å²) in [6.07, 6.45) is 2.18. The lowest BCUT2D eigenvalue weighted by Gasteiger charge is -2.15. The molecule has 0 aliphatic heterocycles. The van der Waals surface area contributed by atoms with Crippen molar-refractivity contribution in [1.29, 1.82) is 0 Å². The Morgan fingerprint density at radius 2 is 1.94 bits per heavy atom. The highest BCUT2D eigenvalue weighted by Crippen LogP contribution is 2.65. The van der Waals surface area contributed by atoms with E-state index in [1.54, 1.807) is 6.92 Å². The summed E-state index contributed by atoms with van der Waals surface area (Å²) >= 11 is 0. The monoisotopic (exact) mass is 226 g/mol. The van der Waals surface area contributed by atoms with Crippen LogP contribution in [-0.4, -0.2) is 23.7 Å². The number of carboxylic acids is 1. The van der Waals surface area contributed by atoms with Crippen molar-refractivity contribution >= 4 is 11.9 Å². The first-order chi connectivity index (χ1) is 7.27. The Bertz CT molecular complexity index is 354. The first-order valence-electron chi connectivity index (χ1n) is 5.37. The average Bonchev–Trinajstić information content (AvgIpc) is 2.69. The molecule has 16 heavy (non-hydrogen) atoms. The smallest absolute Gasteiger partial charge is 0.330 e. The zero-order valence-corrected chi connectivity index (χ0v) is 10.2. The van der Waals surface area contributed by atoms with Crippen molar-refractivity contribution in [3.63, 3.8) is 0 Å². The summed E-state index contributed by atoms with van der Waals surface area (Å²) in [6, 6.07) is 0. The number of esters is 1. The molecule has 0 bridgehead atoms. The molecular formula is C12H18O4. The van der Waals surface area contributed by atoms with Gasteiger partial charge < -0.3 is 9.84 Å². The van der Waals surface area contributed by atoms with E-state index in [1.165, 1.54) is 13.0 Å². The fourth-order valence-corrected chi connectivity index (χ4v) is 2.00. The molecule has 0 amide bonds. The van der Waals surface area contributed by atoms with E-state index in [4.69, 9.17) is 9.84 Å². The van der Waals surface area contributed by atoms with Gasteiger partial charge in [0.25, 0.3) is 0 Å². The van der Waals surface area contributed by atoms with Crippen LogP contribution in [0, 0.1) is 10.8 Å². The topological polar surface area (TPSA) is 63.6 Å². The highest BCUT2D eigenvalue weighted by Gasteiger charge is 2.66. The summed E-state index contributed by atoms with van der Waals surface area (Å²) in [6.45, 7) is 7.44. The Balaban J connectivity index is 2.98. The maximum atomic E-state index is 11.8.